The van der Waals surface area contributed by atoms with Crippen molar-refractivity contribution in [2.24, 2.45) is 5.73 Å². The Hall–Kier alpha value is -1.41. The average molecular weight is 347 g/mol. The van der Waals surface area contributed by atoms with Crippen molar-refractivity contribution >= 4 is 23.4 Å². The lowest BCUT2D eigenvalue weighted by molar-refractivity contribution is -0.147. The van der Waals surface area contributed by atoms with Crippen molar-refractivity contribution in [3.8, 4) is 0 Å². The standard InChI is InChI=1S/C15H20F3N3OS/c16-15(17,18)10-21-7-5-11(6-8-21)20-12-3-1-2-4-13(12)23-9-14(19)22/h1-4,11,20H,5-10H2,(H2,19,22). The van der Waals surface area contributed by atoms with Gasteiger partial charge in [-0.25, -0.2) is 0 Å². The van der Waals surface area contributed by atoms with Crippen molar-refractivity contribution in [3.63, 3.8) is 0 Å². The lowest BCUT2D eigenvalue weighted by atomic mass is 10.0. The van der Waals surface area contributed by atoms with Crippen molar-refractivity contribution in [2.75, 3.05) is 30.7 Å². The molecule has 1 amide bonds. The third kappa shape index (κ3) is 6.31. The normalized spacial score (nSPS) is 17.2. The summed E-state index contributed by atoms with van der Waals surface area (Å²) in [7, 11) is 0. The van der Waals surface area contributed by atoms with E-state index in [9.17, 15) is 18.0 Å². The Labute approximate surface area is 137 Å². The number of benzene rings is 1. The van der Waals surface area contributed by atoms with Crippen LogP contribution in [-0.2, 0) is 4.79 Å². The molecule has 0 bridgehead atoms. The van der Waals surface area contributed by atoms with Gasteiger partial charge in [-0.2, -0.15) is 13.2 Å². The monoisotopic (exact) mass is 347 g/mol. The van der Waals surface area contributed by atoms with Crippen molar-refractivity contribution in [1.82, 2.24) is 4.90 Å². The van der Waals surface area contributed by atoms with E-state index in [1.54, 1.807) is 0 Å². The number of thioether (sulfide) groups is 1. The first kappa shape index (κ1) is 17.9. The van der Waals surface area contributed by atoms with E-state index in [4.69, 9.17) is 5.73 Å². The SMILES string of the molecule is NC(=O)CSc1ccccc1NC1CCN(CC(F)(F)F)CC1. The molecule has 23 heavy (non-hydrogen) atoms. The van der Waals surface area contributed by atoms with E-state index in [1.807, 2.05) is 24.3 Å². The number of likely N-dealkylation sites (tertiary alicyclic amines) is 1. The third-order valence-corrected chi connectivity index (χ3v) is 4.70. The molecule has 0 atom stereocenters. The van der Waals surface area contributed by atoms with Crippen LogP contribution in [-0.4, -0.2) is 48.4 Å². The van der Waals surface area contributed by atoms with E-state index in [0.717, 1.165) is 10.6 Å². The summed E-state index contributed by atoms with van der Waals surface area (Å²) < 4.78 is 37.2. The van der Waals surface area contributed by atoms with E-state index >= 15 is 0 Å². The van der Waals surface area contributed by atoms with Crippen LogP contribution in [0.3, 0.4) is 0 Å². The number of rotatable bonds is 6. The molecular weight excluding hydrogens is 327 g/mol. The summed E-state index contributed by atoms with van der Waals surface area (Å²) in [5.74, 6) is -0.187. The van der Waals surface area contributed by atoms with Crippen LogP contribution in [0, 0.1) is 0 Å². The molecule has 8 heteroatoms. The molecule has 3 N–H and O–H groups in total. The molecule has 1 aliphatic heterocycles. The highest BCUT2D eigenvalue weighted by Gasteiger charge is 2.32. The fourth-order valence-electron chi connectivity index (χ4n) is 2.57. The first-order valence-electron chi connectivity index (χ1n) is 7.39. The predicted molar refractivity (Wildman–Crippen MR) is 85.5 cm³/mol. The van der Waals surface area contributed by atoms with Gasteiger partial charge in [0.05, 0.1) is 12.3 Å². The maximum atomic E-state index is 12.4. The summed E-state index contributed by atoms with van der Waals surface area (Å²) >= 11 is 1.36. The van der Waals surface area contributed by atoms with Crippen LogP contribution in [0.5, 0.6) is 0 Å². The van der Waals surface area contributed by atoms with Gasteiger partial charge in [0.15, 0.2) is 0 Å². The molecule has 1 aliphatic rings. The molecule has 1 fully saturated rings. The highest BCUT2D eigenvalue weighted by Crippen LogP contribution is 2.29. The Morgan fingerprint density at radius 2 is 1.96 bits per heavy atom. The zero-order valence-electron chi connectivity index (χ0n) is 12.6. The maximum Gasteiger partial charge on any atom is 0.401 e. The Balaban J connectivity index is 1.88. The van der Waals surface area contributed by atoms with Crippen molar-refractivity contribution in [1.29, 1.82) is 0 Å². The molecule has 1 aromatic carbocycles. The summed E-state index contributed by atoms with van der Waals surface area (Å²) in [6.45, 7) is 0.00626. The summed E-state index contributed by atoms with van der Waals surface area (Å²) in [6, 6.07) is 7.70. The largest absolute Gasteiger partial charge is 0.401 e. The highest BCUT2D eigenvalue weighted by molar-refractivity contribution is 8.00. The summed E-state index contributed by atoms with van der Waals surface area (Å²) in [5.41, 5.74) is 6.06. The number of carbonyl (C=O) groups is 1. The molecule has 0 unspecified atom stereocenters. The number of nitrogens with one attached hydrogen (secondary N) is 1. The molecule has 0 aliphatic carbocycles. The second-order valence-electron chi connectivity index (χ2n) is 5.56. The van der Waals surface area contributed by atoms with Crippen molar-refractivity contribution in [2.45, 2.75) is 30.0 Å². The van der Waals surface area contributed by atoms with Crippen molar-refractivity contribution in [3.05, 3.63) is 24.3 Å². The Bertz CT molecular complexity index is 531. The zero-order valence-corrected chi connectivity index (χ0v) is 13.4. The number of hydrogen-bond acceptors (Lipinski definition) is 4. The van der Waals surface area contributed by atoms with Gasteiger partial charge < -0.3 is 11.1 Å². The Morgan fingerprint density at radius 3 is 2.57 bits per heavy atom. The molecule has 2 rings (SSSR count). The van der Waals surface area contributed by atoms with Crippen molar-refractivity contribution < 1.29 is 18.0 Å². The molecule has 1 saturated heterocycles. The molecule has 0 saturated carbocycles. The van der Waals surface area contributed by atoms with Gasteiger partial charge in [0.25, 0.3) is 0 Å². The lowest BCUT2D eigenvalue weighted by Gasteiger charge is -2.33. The number of hydrogen-bond donors (Lipinski definition) is 2. The number of alkyl halides is 3. The van der Waals surface area contributed by atoms with Gasteiger partial charge >= 0.3 is 6.18 Å². The van der Waals surface area contributed by atoms with Crippen LogP contribution in [0.25, 0.3) is 0 Å². The topological polar surface area (TPSA) is 58.4 Å². The van der Waals surface area contributed by atoms with Crippen LogP contribution in [0.15, 0.2) is 29.2 Å². The van der Waals surface area contributed by atoms with Crippen LogP contribution >= 0.6 is 11.8 Å². The number of para-hydroxylation sites is 1. The fraction of sp³-hybridized carbons (Fsp3) is 0.533. The van der Waals surface area contributed by atoms with Crippen LogP contribution in [0.4, 0.5) is 18.9 Å². The van der Waals surface area contributed by atoms with Gasteiger partial charge in [0, 0.05) is 29.7 Å². The fourth-order valence-corrected chi connectivity index (χ4v) is 3.32. The van der Waals surface area contributed by atoms with E-state index in [2.05, 4.69) is 5.32 Å². The Morgan fingerprint density at radius 1 is 1.30 bits per heavy atom. The van der Waals surface area contributed by atoms with Gasteiger partial charge in [0.2, 0.25) is 5.91 Å². The molecule has 0 aromatic heterocycles. The highest BCUT2D eigenvalue weighted by atomic mass is 32.2. The summed E-state index contributed by atoms with van der Waals surface area (Å²) in [6.07, 6.45) is -2.83. The van der Waals surface area contributed by atoms with E-state index in [1.165, 1.54) is 16.7 Å². The Kier molecular flexibility index (Phi) is 6.17. The minimum absolute atomic E-state index is 0.134. The second kappa shape index (κ2) is 7.92. The number of piperidine rings is 1. The summed E-state index contributed by atoms with van der Waals surface area (Å²) in [5, 5.41) is 3.38. The van der Waals surface area contributed by atoms with Gasteiger partial charge in [-0.3, -0.25) is 9.69 Å². The maximum absolute atomic E-state index is 12.4. The third-order valence-electron chi connectivity index (χ3n) is 3.61. The minimum Gasteiger partial charge on any atom is -0.381 e. The quantitative estimate of drug-likeness (QED) is 0.777. The molecule has 128 valence electrons. The number of primary amides is 1. The summed E-state index contributed by atoms with van der Waals surface area (Å²) in [4.78, 5) is 13.3. The second-order valence-corrected chi connectivity index (χ2v) is 6.58. The first-order chi connectivity index (χ1) is 10.8. The number of nitrogens with zero attached hydrogens (tertiary/aromatic N) is 1. The van der Waals surface area contributed by atoms with Crippen LogP contribution in [0.1, 0.15) is 12.8 Å². The minimum atomic E-state index is -4.14. The van der Waals surface area contributed by atoms with Crippen LogP contribution < -0.4 is 11.1 Å². The van der Waals surface area contributed by atoms with Gasteiger partial charge in [0.1, 0.15) is 0 Å². The van der Waals surface area contributed by atoms with Crippen LogP contribution in [0.2, 0.25) is 0 Å². The number of halogens is 3. The van der Waals surface area contributed by atoms with E-state index < -0.39 is 12.7 Å². The predicted octanol–water partition coefficient (Wildman–Crippen LogP) is 2.70. The number of amides is 1. The molecule has 0 radical (unpaired) electrons. The first-order valence-corrected chi connectivity index (χ1v) is 8.38. The number of anilines is 1. The lowest BCUT2D eigenvalue weighted by Crippen LogP contribution is -2.43. The molecule has 1 aromatic rings. The average Bonchev–Trinajstić information content (AvgIpc) is 2.47. The molecule has 0 spiro atoms. The molecule has 4 nitrogen and oxygen atoms in total. The van der Waals surface area contributed by atoms with E-state index in [-0.39, 0.29) is 17.7 Å². The number of carbonyl (C=O) groups excluding carboxylic acids is 1. The molecule has 1 heterocycles. The van der Waals surface area contributed by atoms with Gasteiger partial charge in [-0.05, 0) is 25.0 Å². The van der Waals surface area contributed by atoms with E-state index in [0.29, 0.717) is 25.9 Å². The zero-order chi connectivity index (χ0) is 16.9. The molecular formula is C15H20F3N3OS. The number of nitrogens with two attached hydrogens (primary N) is 1. The van der Waals surface area contributed by atoms with Gasteiger partial charge in [-0.15, -0.1) is 11.8 Å². The smallest absolute Gasteiger partial charge is 0.381 e. The van der Waals surface area contributed by atoms with Gasteiger partial charge in [-0.1, -0.05) is 12.1 Å².